The van der Waals surface area contributed by atoms with Crippen molar-refractivity contribution in [3.8, 4) is 0 Å². The molecule has 0 saturated carbocycles. The number of thioether (sulfide) groups is 1. The fourth-order valence-electron chi connectivity index (χ4n) is 2.09. The number of nitrogens with zero attached hydrogens (tertiary/aromatic N) is 3. The van der Waals surface area contributed by atoms with E-state index >= 15 is 0 Å². The Morgan fingerprint density at radius 1 is 1.45 bits per heavy atom. The maximum atomic E-state index is 5.31. The molecule has 20 heavy (non-hydrogen) atoms. The number of hydrogen-bond acceptors (Lipinski definition) is 6. The van der Waals surface area contributed by atoms with Crippen LogP contribution >= 0.6 is 24.2 Å². The van der Waals surface area contributed by atoms with Crippen molar-refractivity contribution in [2.75, 3.05) is 18.1 Å². The highest BCUT2D eigenvalue weighted by molar-refractivity contribution is 7.99. The first-order valence-corrected chi connectivity index (χ1v) is 7.57. The zero-order chi connectivity index (χ0) is 12.9. The van der Waals surface area contributed by atoms with Gasteiger partial charge in [-0.15, -0.1) is 12.4 Å². The molecule has 108 valence electrons. The third-order valence-electron chi connectivity index (χ3n) is 3.01. The Labute approximate surface area is 128 Å². The standard InChI is InChI=1S/C13H16N4OS.ClH/c1-2-10(8-14-3-1)6-12-16-13(18-17-12)7-11-9-19-5-4-15-11;/h1-3,8,11,15H,4-7,9H2;1H. The molecule has 1 aliphatic heterocycles. The van der Waals surface area contributed by atoms with Crippen LogP contribution < -0.4 is 5.32 Å². The van der Waals surface area contributed by atoms with Crippen LogP contribution in [-0.4, -0.2) is 39.2 Å². The first-order valence-electron chi connectivity index (χ1n) is 6.41. The second-order valence-corrected chi connectivity index (χ2v) is 5.72. The zero-order valence-electron chi connectivity index (χ0n) is 11.0. The van der Waals surface area contributed by atoms with Crippen molar-refractivity contribution in [3.05, 3.63) is 41.8 Å². The Morgan fingerprint density at radius 2 is 2.40 bits per heavy atom. The molecule has 1 unspecified atom stereocenters. The number of nitrogens with one attached hydrogen (secondary N) is 1. The lowest BCUT2D eigenvalue weighted by Crippen LogP contribution is -2.38. The van der Waals surface area contributed by atoms with E-state index in [4.69, 9.17) is 4.52 Å². The molecule has 2 aromatic heterocycles. The van der Waals surface area contributed by atoms with Crippen LogP contribution in [-0.2, 0) is 12.8 Å². The molecule has 0 aromatic carbocycles. The summed E-state index contributed by atoms with van der Waals surface area (Å²) in [5.74, 6) is 3.75. The van der Waals surface area contributed by atoms with Gasteiger partial charge in [-0.1, -0.05) is 11.2 Å². The van der Waals surface area contributed by atoms with Crippen LogP contribution in [0.25, 0.3) is 0 Å². The van der Waals surface area contributed by atoms with E-state index in [0.29, 0.717) is 12.5 Å². The van der Waals surface area contributed by atoms with E-state index < -0.39 is 0 Å². The van der Waals surface area contributed by atoms with Crippen LogP contribution in [0.4, 0.5) is 0 Å². The summed E-state index contributed by atoms with van der Waals surface area (Å²) in [6.07, 6.45) is 5.07. The van der Waals surface area contributed by atoms with Crippen molar-refractivity contribution >= 4 is 24.2 Å². The first-order chi connectivity index (χ1) is 9.40. The molecule has 0 radical (unpaired) electrons. The molecule has 1 aliphatic rings. The monoisotopic (exact) mass is 312 g/mol. The Hall–Kier alpha value is -1.11. The lowest BCUT2D eigenvalue weighted by atomic mass is 10.2. The molecule has 3 heterocycles. The maximum absolute atomic E-state index is 5.31. The Kier molecular flexibility index (Phi) is 5.82. The van der Waals surface area contributed by atoms with E-state index in [0.717, 1.165) is 36.0 Å². The van der Waals surface area contributed by atoms with E-state index in [9.17, 15) is 0 Å². The Balaban J connectivity index is 0.00000147. The van der Waals surface area contributed by atoms with E-state index in [-0.39, 0.29) is 12.4 Å². The van der Waals surface area contributed by atoms with Crippen molar-refractivity contribution in [3.63, 3.8) is 0 Å². The van der Waals surface area contributed by atoms with Gasteiger partial charge in [-0.3, -0.25) is 4.98 Å². The minimum atomic E-state index is 0. The van der Waals surface area contributed by atoms with Gasteiger partial charge in [0.2, 0.25) is 5.89 Å². The van der Waals surface area contributed by atoms with Crippen LogP contribution in [0.5, 0.6) is 0 Å². The van der Waals surface area contributed by atoms with E-state index in [1.165, 1.54) is 5.75 Å². The van der Waals surface area contributed by atoms with Gasteiger partial charge in [-0.25, -0.2) is 0 Å². The fourth-order valence-corrected chi connectivity index (χ4v) is 3.04. The van der Waals surface area contributed by atoms with Gasteiger partial charge >= 0.3 is 0 Å². The summed E-state index contributed by atoms with van der Waals surface area (Å²) >= 11 is 1.97. The Bertz CT molecular complexity index is 516. The molecule has 1 atom stereocenters. The Morgan fingerprint density at radius 3 is 3.15 bits per heavy atom. The molecule has 1 saturated heterocycles. The predicted octanol–water partition coefficient (Wildman–Crippen LogP) is 1.72. The highest BCUT2D eigenvalue weighted by Crippen LogP contribution is 2.12. The normalized spacial score (nSPS) is 18.5. The van der Waals surface area contributed by atoms with Crippen LogP contribution in [0.3, 0.4) is 0 Å². The summed E-state index contributed by atoms with van der Waals surface area (Å²) in [5.41, 5.74) is 1.10. The van der Waals surface area contributed by atoms with E-state index in [1.54, 1.807) is 6.20 Å². The lowest BCUT2D eigenvalue weighted by Gasteiger charge is -2.21. The molecule has 1 fully saturated rings. The molecule has 2 aromatic rings. The summed E-state index contributed by atoms with van der Waals surface area (Å²) in [7, 11) is 0. The van der Waals surface area contributed by atoms with Crippen LogP contribution in [0, 0.1) is 0 Å². The summed E-state index contributed by atoms with van der Waals surface area (Å²) in [4.78, 5) is 8.53. The van der Waals surface area contributed by atoms with Gasteiger partial charge in [0.1, 0.15) is 0 Å². The highest BCUT2D eigenvalue weighted by atomic mass is 35.5. The van der Waals surface area contributed by atoms with Crippen molar-refractivity contribution < 1.29 is 4.52 Å². The second kappa shape index (κ2) is 7.61. The molecule has 1 N–H and O–H groups in total. The van der Waals surface area contributed by atoms with Gasteiger partial charge in [-0.05, 0) is 11.6 Å². The third-order valence-corrected chi connectivity index (χ3v) is 4.15. The minimum Gasteiger partial charge on any atom is -0.339 e. The average molecular weight is 313 g/mol. The smallest absolute Gasteiger partial charge is 0.228 e. The molecule has 0 amide bonds. The van der Waals surface area contributed by atoms with Crippen molar-refractivity contribution in [1.29, 1.82) is 0 Å². The zero-order valence-corrected chi connectivity index (χ0v) is 12.6. The molecule has 3 rings (SSSR count). The van der Waals surface area contributed by atoms with Gasteiger partial charge in [0.15, 0.2) is 5.82 Å². The van der Waals surface area contributed by atoms with Gasteiger partial charge < -0.3 is 9.84 Å². The number of hydrogen-bond donors (Lipinski definition) is 1. The summed E-state index contributed by atoms with van der Waals surface area (Å²) in [5, 5.41) is 7.50. The van der Waals surface area contributed by atoms with Gasteiger partial charge in [0.25, 0.3) is 0 Å². The number of aromatic nitrogens is 3. The molecule has 5 nitrogen and oxygen atoms in total. The van der Waals surface area contributed by atoms with Gasteiger partial charge in [0, 0.05) is 49.3 Å². The van der Waals surface area contributed by atoms with Crippen molar-refractivity contribution in [2.24, 2.45) is 0 Å². The number of pyridine rings is 1. The first kappa shape index (κ1) is 15.3. The molecule has 7 heteroatoms. The molecule has 0 spiro atoms. The van der Waals surface area contributed by atoms with E-state index in [2.05, 4.69) is 20.4 Å². The molecule has 0 aliphatic carbocycles. The van der Waals surface area contributed by atoms with Crippen LogP contribution in [0.2, 0.25) is 0 Å². The van der Waals surface area contributed by atoms with Gasteiger partial charge in [-0.2, -0.15) is 16.7 Å². The van der Waals surface area contributed by atoms with Crippen LogP contribution in [0.1, 0.15) is 17.3 Å². The second-order valence-electron chi connectivity index (χ2n) is 4.57. The van der Waals surface area contributed by atoms with Crippen molar-refractivity contribution in [1.82, 2.24) is 20.4 Å². The summed E-state index contributed by atoms with van der Waals surface area (Å²) in [6.45, 7) is 1.06. The summed E-state index contributed by atoms with van der Waals surface area (Å²) < 4.78 is 5.31. The topological polar surface area (TPSA) is 63.8 Å². The largest absolute Gasteiger partial charge is 0.339 e. The fraction of sp³-hybridized carbons (Fsp3) is 0.462. The minimum absolute atomic E-state index is 0. The molecule has 0 bridgehead atoms. The SMILES string of the molecule is Cl.c1cncc(Cc2noc(CC3CSCCN3)n2)c1. The lowest BCUT2D eigenvalue weighted by molar-refractivity contribution is 0.359. The number of rotatable bonds is 4. The molecular weight excluding hydrogens is 296 g/mol. The summed E-state index contributed by atoms with van der Waals surface area (Å²) in [6, 6.07) is 4.38. The third kappa shape index (κ3) is 4.19. The average Bonchev–Trinajstić information content (AvgIpc) is 2.88. The number of halogens is 1. The predicted molar refractivity (Wildman–Crippen MR) is 81.4 cm³/mol. The van der Waals surface area contributed by atoms with Gasteiger partial charge in [0.05, 0.1) is 0 Å². The van der Waals surface area contributed by atoms with Crippen LogP contribution in [0.15, 0.2) is 29.0 Å². The van der Waals surface area contributed by atoms with E-state index in [1.807, 2.05) is 30.1 Å². The quantitative estimate of drug-likeness (QED) is 0.927. The molecular formula is C13H17ClN4OS. The maximum Gasteiger partial charge on any atom is 0.228 e. The van der Waals surface area contributed by atoms with Crippen molar-refractivity contribution in [2.45, 2.75) is 18.9 Å². The highest BCUT2D eigenvalue weighted by Gasteiger charge is 2.17.